The molecule has 4 nitrogen and oxygen atoms in total. The summed E-state index contributed by atoms with van der Waals surface area (Å²) in [7, 11) is 0. The lowest BCUT2D eigenvalue weighted by atomic mass is 10.0. The number of carbonyl (C=O) groups is 1. The van der Waals surface area contributed by atoms with Crippen LogP contribution in [0.3, 0.4) is 0 Å². The fraction of sp³-hybridized carbons (Fsp3) is 0.214. The summed E-state index contributed by atoms with van der Waals surface area (Å²) in [6.45, 7) is 0.663. The molecule has 1 aliphatic heterocycles. The molecule has 2 N–H and O–H groups in total. The van der Waals surface area contributed by atoms with Gasteiger partial charge in [-0.05, 0) is 48.2 Å². The van der Waals surface area contributed by atoms with E-state index in [1.54, 1.807) is 11.0 Å². The first kappa shape index (κ1) is 12.1. The first-order chi connectivity index (χ1) is 9.16. The zero-order valence-electron chi connectivity index (χ0n) is 10.2. The fourth-order valence-corrected chi connectivity index (χ4v) is 2.59. The topological polar surface area (TPSA) is 59.5 Å². The number of rotatable bonds is 1. The minimum atomic E-state index is -0.148. The van der Waals surface area contributed by atoms with Gasteiger partial charge in [-0.1, -0.05) is 6.07 Å². The molecule has 0 saturated heterocycles. The molecule has 1 amide bonds. The van der Waals surface area contributed by atoms with Crippen molar-refractivity contribution < 1.29 is 9.21 Å². The Hall–Kier alpha value is -1.94. The van der Waals surface area contributed by atoms with Crippen LogP contribution in [-0.4, -0.2) is 12.5 Å². The van der Waals surface area contributed by atoms with Crippen molar-refractivity contribution in [2.75, 3.05) is 17.2 Å². The van der Waals surface area contributed by atoms with Gasteiger partial charge in [0.15, 0.2) is 0 Å². The Morgan fingerprint density at radius 1 is 1.37 bits per heavy atom. The van der Waals surface area contributed by atoms with Gasteiger partial charge in [-0.25, -0.2) is 0 Å². The van der Waals surface area contributed by atoms with E-state index in [0.717, 1.165) is 24.1 Å². The normalized spacial score (nSPS) is 14.3. The summed E-state index contributed by atoms with van der Waals surface area (Å²) >= 11 is 5.87. The lowest BCUT2D eigenvalue weighted by molar-refractivity contribution is 0.0984. The molecule has 0 atom stereocenters. The van der Waals surface area contributed by atoms with Crippen LogP contribution in [-0.2, 0) is 6.42 Å². The molecular weight excluding hydrogens is 264 g/mol. The summed E-state index contributed by atoms with van der Waals surface area (Å²) < 4.78 is 4.98. The van der Waals surface area contributed by atoms with E-state index in [4.69, 9.17) is 21.8 Å². The van der Waals surface area contributed by atoms with Crippen LogP contribution in [0.15, 0.2) is 34.9 Å². The Kier molecular flexibility index (Phi) is 2.95. The molecule has 19 heavy (non-hydrogen) atoms. The fourth-order valence-electron chi connectivity index (χ4n) is 2.39. The molecule has 1 aliphatic rings. The molecular formula is C14H13ClN2O2. The second-order valence-corrected chi connectivity index (χ2v) is 4.90. The highest BCUT2D eigenvalue weighted by Crippen LogP contribution is 2.31. The molecule has 1 aromatic heterocycles. The Labute approximate surface area is 115 Å². The van der Waals surface area contributed by atoms with E-state index in [1.807, 2.05) is 18.2 Å². The third-order valence-corrected chi connectivity index (χ3v) is 3.61. The second kappa shape index (κ2) is 4.63. The van der Waals surface area contributed by atoms with Crippen molar-refractivity contribution in [2.24, 2.45) is 0 Å². The number of benzene rings is 1. The number of furan rings is 1. The number of hydrogen-bond donors (Lipinski definition) is 1. The summed E-state index contributed by atoms with van der Waals surface area (Å²) in [4.78, 5) is 14.2. The number of fused-ring (bicyclic) bond motifs is 1. The summed E-state index contributed by atoms with van der Waals surface area (Å²) in [5.74, 6) is -0.148. The third-order valence-electron chi connectivity index (χ3n) is 3.32. The molecule has 1 aromatic carbocycles. The summed E-state index contributed by atoms with van der Waals surface area (Å²) in [6, 6.07) is 7.25. The molecule has 98 valence electrons. The molecule has 3 rings (SSSR count). The van der Waals surface area contributed by atoms with E-state index in [2.05, 4.69) is 0 Å². The van der Waals surface area contributed by atoms with E-state index in [0.29, 0.717) is 17.8 Å². The van der Waals surface area contributed by atoms with Gasteiger partial charge in [0.05, 0.1) is 11.8 Å². The highest BCUT2D eigenvalue weighted by molar-refractivity contribution is 6.32. The number of nitrogens with two attached hydrogens (primary N) is 1. The zero-order chi connectivity index (χ0) is 13.4. The quantitative estimate of drug-likeness (QED) is 0.814. The summed E-state index contributed by atoms with van der Waals surface area (Å²) in [6.07, 6.45) is 3.30. The van der Waals surface area contributed by atoms with Gasteiger partial charge < -0.3 is 15.1 Å². The van der Waals surface area contributed by atoms with Crippen LogP contribution < -0.4 is 10.6 Å². The van der Waals surface area contributed by atoms with Crippen molar-refractivity contribution in [1.82, 2.24) is 0 Å². The van der Waals surface area contributed by atoms with Gasteiger partial charge in [-0.3, -0.25) is 4.79 Å². The van der Waals surface area contributed by atoms with Crippen molar-refractivity contribution in [2.45, 2.75) is 12.8 Å². The van der Waals surface area contributed by atoms with Gasteiger partial charge in [0, 0.05) is 17.9 Å². The van der Waals surface area contributed by atoms with Crippen molar-refractivity contribution in [3.8, 4) is 0 Å². The minimum Gasteiger partial charge on any atom is -0.452 e. The highest BCUT2D eigenvalue weighted by Gasteiger charge is 2.26. The van der Waals surface area contributed by atoms with Crippen LogP contribution in [0.25, 0.3) is 0 Å². The van der Waals surface area contributed by atoms with Gasteiger partial charge >= 0.3 is 0 Å². The number of carbonyl (C=O) groups excluding carboxylic acids is 1. The first-order valence-electron chi connectivity index (χ1n) is 6.10. The molecule has 0 spiro atoms. The smallest absolute Gasteiger partial charge is 0.263 e. The maximum atomic E-state index is 12.5. The number of halogens is 1. The van der Waals surface area contributed by atoms with E-state index < -0.39 is 0 Å². The number of hydrogen-bond acceptors (Lipinski definition) is 3. The molecule has 2 heterocycles. The largest absolute Gasteiger partial charge is 0.452 e. The predicted molar refractivity (Wildman–Crippen MR) is 74.6 cm³/mol. The average molecular weight is 277 g/mol. The van der Waals surface area contributed by atoms with E-state index in [9.17, 15) is 4.79 Å². The number of nitrogen functional groups attached to an aromatic ring is 1. The van der Waals surface area contributed by atoms with Gasteiger partial charge in [0.25, 0.3) is 5.91 Å². The van der Waals surface area contributed by atoms with Crippen molar-refractivity contribution >= 4 is 28.9 Å². The Morgan fingerprint density at radius 2 is 2.21 bits per heavy atom. The van der Waals surface area contributed by atoms with Gasteiger partial charge in [0.1, 0.15) is 0 Å². The monoisotopic (exact) mass is 276 g/mol. The molecule has 5 heteroatoms. The van der Waals surface area contributed by atoms with Gasteiger partial charge in [-0.15, -0.1) is 0 Å². The van der Waals surface area contributed by atoms with Crippen molar-refractivity contribution in [3.63, 3.8) is 0 Å². The maximum absolute atomic E-state index is 12.5. The maximum Gasteiger partial charge on any atom is 0.263 e. The van der Waals surface area contributed by atoms with Crippen LogP contribution in [0.4, 0.5) is 11.4 Å². The van der Waals surface area contributed by atoms with Gasteiger partial charge in [-0.2, -0.15) is 0 Å². The van der Waals surface area contributed by atoms with Crippen molar-refractivity contribution in [1.29, 1.82) is 0 Å². The SMILES string of the molecule is Nc1ccc2c(c1)N(C(=O)c1ccoc1Cl)CCC2. The predicted octanol–water partition coefficient (Wildman–Crippen LogP) is 3.11. The third kappa shape index (κ3) is 2.08. The molecule has 0 unspecified atom stereocenters. The average Bonchev–Trinajstić information content (AvgIpc) is 2.83. The van der Waals surface area contributed by atoms with Crippen LogP contribution in [0.2, 0.25) is 5.22 Å². The number of aryl methyl sites for hydroxylation is 1. The molecule has 2 aromatic rings. The molecule has 0 saturated carbocycles. The second-order valence-electron chi connectivity index (χ2n) is 4.56. The lowest BCUT2D eigenvalue weighted by Gasteiger charge is -2.29. The number of nitrogens with zero attached hydrogens (tertiary/aromatic N) is 1. The number of anilines is 2. The minimum absolute atomic E-state index is 0.126. The lowest BCUT2D eigenvalue weighted by Crippen LogP contribution is -2.35. The van der Waals surface area contributed by atoms with Gasteiger partial charge in [0.2, 0.25) is 5.22 Å². The number of amides is 1. The van der Waals surface area contributed by atoms with Crippen LogP contribution in [0, 0.1) is 0 Å². The summed E-state index contributed by atoms with van der Waals surface area (Å²) in [5, 5.41) is 0.126. The summed E-state index contributed by atoms with van der Waals surface area (Å²) in [5.41, 5.74) is 8.85. The molecule has 0 fully saturated rings. The van der Waals surface area contributed by atoms with E-state index in [1.165, 1.54) is 6.26 Å². The van der Waals surface area contributed by atoms with Crippen LogP contribution in [0.5, 0.6) is 0 Å². The highest BCUT2D eigenvalue weighted by atomic mass is 35.5. The van der Waals surface area contributed by atoms with E-state index >= 15 is 0 Å². The standard InChI is InChI=1S/C14H13ClN2O2/c15-13-11(5-7-19-13)14(18)17-6-1-2-9-3-4-10(16)8-12(9)17/h3-5,7-8H,1-2,6,16H2. The molecule has 0 radical (unpaired) electrons. The first-order valence-corrected chi connectivity index (χ1v) is 6.48. The Morgan fingerprint density at radius 3 is 2.95 bits per heavy atom. The molecule has 0 aliphatic carbocycles. The van der Waals surface area contributed by atoms with Crippen LogP contribution >= 0.6 is 11.6 Å². The molecule has 0 bridgehead atoms. The Bertz CT molecular complexity index is 636. The zero-order valence-corrected chi connectivity index (χ0v) is 11.0. The Balaban J connectivity index is 2.02. The van der Waals surface area contributed by atoms with E-state index in [-0.39, 0.29) is 11.1 Å². The van der Waals surface area contributed by atoms with Crippen molar-refractivity contribution in [3.05, 3.63) is 46.9 Å². The van der Waals surface area contributed by atoms with Crippen LogP contribution in [0.1, 0.15) is 22.3 Å².